The van der Waals surface area contributed by atoms with Crippen LogP contribution in [0.3, 0.4) is 0 Å². The van der Waals surface area contributed by atoms with E-state index in [1.54, 1.807) is 0 Å². The van der Waals surface area contributed by atoms with E-state index >= 15 is 0 Å². The Morgan fingerprint density at radius 1 is 1.35 bits per heavy atom. The first-order valence-corrected chi connectivity index (χ1v) is 7.57. The van der Waals surface area contributed by atoms with Crippen molar-refractivity contribution in [1.29, 1.82) is 0 Å². The Morgan fingerprint density at radius 2 is 2.13 bits per heavy atom. The highest BCUT2D eigenvalue weighted by Crippen LogP contribution is 2.40. The van der Waals surface area contributed by atoms with Gasteiger partial charge in [-0.2, -0.15) is 13.2 Å². The van der Waals surface area contributed by atoms with Crippen molar-refractivity contribution in [3.05, 3.63) is 41.2 Å². The molecule has 1 aromatic carbocycles. The third kappa shape index (κ3) is 4.28. The van der Waals surface area contributed by atoms with E-state index in [-0.39, 0.29) is 18.4 Å². The van der Waals surface area contributed by atoms with Crippen molar-refractivity contribution in [2.75, 3.05) is 0 Å². The maximum atomic E-state index is 12.5. The van der Waals surface area contributed by atoms with Gasteiger partial charge in [0.1, 0.15) is 6.54 Å². The van der Waals surface area contributed by atoms with Gasteiger partial charge in [0.25, 0.3) is 0 Å². The van der Waals surface area contributed by atoms with Gasteiger partial charge in [0, 0.05) is 6.04 Å². The van der Waals surface area contributed by atoms with Gasteiger partial charge in [0.2, 0.25) is 0 Å². The van der Waals surface area contributed by atoms with Gasteiger partial charge in [-0.1, -0.05) is 24.3 Å². The molecule has 3 rings (SSSR count). The standard InChI is InChI=1S/C15H18F3N5/c1-10(12-3-2-4-13(7-12)11-5-6-11)19-8-14-20-21-22-23(14)9-15(16,17)18/h2-4,7,10-11,19H,5-6,8-9H2,1H3. The molecule has 124 valence electrons. The fraction of sp³-hybridized carbons (Fsp3) is 0.533. The summed E-state index contributed by atoms with van der Waals surface area (Å²) in [6.45, 7) is 0.977. The van der Waals surface area contributed by atoms with E-state index < -0.39 is 12.7 Å². The van der Waals surface area contributed by atoms with E-state index in [1.807, 2.05) is 19.1 Å². The van der Waals surface area contributed by atoms with E-state index in [4.69, 9.17) is 0 Å². The minimum Gasteiger partial charge on any atom is -0.303 e. The lowest BCUT2D eigenvalue weighted by Crippen LogP contribution is -2.25. The summed E-state index contributed by atoms with van der Waals surface area (Å²) >= 11 is 0. The molecule has 8 heteroatoms. The Bertz CT molecular complexity index is 663. The molecule has 5 nitrogen and oxygen atoms in total. The summed E-state index contributed by atoms with van der Waals surface area (Å²) in [5.41, 5.74) is 2.45. The quantitative estimate of drug-likeness (QED) is 0.887. The van der Waals surface area contributed by atoms with Crippen LogP contribution in [0.4, 0.5) is 13.2 Å². The molecule has 1 heterocycles. The molecular formula is C15H18F3N5. The molecule has 1 unspecified atom stereocenters. The Morgan fingerprint density at radius 3 is 2.83 bits per heavy atom. The van der Waals surface area contributed by atoms with Gasteiger partial charge < -0.3 is 5.32 Å². The monoisotopic (exact) mass is 325 g/mol. The van der Waals surface area contributed by atoms with Crippen molar-refractivity contribution in [3.8, 4) is 0 Å². The molecule has 1 atom stereocenters. The fourth-order valence-corrected chi connectivity index (χ4v) is 2.50. The molecule has 0 radical (unpaired) electrons. The third-order valence-electron chi connectivity index (χ3n) is 3.96. The van der Waals surface area contributed by atoms with Gasteiger partial charge in [0.05, 0.1) is 6.54 Å². The van der Waals surface area contributed by atoms with Gasteiger partial charge in [0.15, 0.2) is 5.82 Å². The molecule has 0 spiro atoms. The normalized spacial score (nSPS) is 16.5. The maximum Gasteiger partial charge on any atom is 0.408 e. The number of alkyl halides is 3. The van der Waals surface area contributed by atoms with Crippen molar-refractivity contribution in [2.45, 2.75) is 51.0 Å². The van der Waals surface area contributed by atoms with Gasteiger partial charge in [-0.25, -0.2) is 4.68 Å². The number of hydrogen-bond donors (Lipinski definition) is 1. The second-order valence-corrected chi connectivity index (χ2v) is 5.91. The minimum atomic E-state index is -4.34. The molecule has 1 aliphatic carbocycles. The first kappa shape index (κ1) is 15.9. The molecule has 0 bridgehead atoms. The van der Waals surface area contributed by atoms with Gasteiger partial charge in [-0.3, -0.25) is 0 Å². The summed E-state index contributed by atoms with van der Waals surface area (Å²) in [5, 5.41) is 13.6. The zero-order valence-corrected chi connectivity index (χ0v) is 12.7. The zero-order valence-electron chi connectivity index (χ0n) is 12.7. The van der Waals surface area contributed by atoms with Crippen LogP contribution in [0, 0.1) is 0 Å². The van der Waals surface area contributed by atoms with E-state index in [0.717, 1.165) is 10.2 Å². The SMILES string of the molecule is CC(NCc1nnnn1CC(F)(F)F)c1cccc(C2CC2)c1. The highest BCUT2D eigenvalue weighted by molar-refractivity contribution is 5.30. The van der Waals surface area contributed by atoms with Crippen LogP contribution in [0.15, 0.2) is 24.3 Å². The molecule has 1 N–H and O–H groups in total. The van der Waals surface area contributed by atoms with E-state index in [9.17, 15) is 13.2 Å². The van der Waals surface area contributed by atoms with Gasteiger partial charge in [-0.15, -0.1) is 5.10 Å². The molecule has 1 aromatic heterocycles. The lowest BCUT2D eigenvalue weighted by atomic mass is 10.0. The Hall–Kier alpha value is -1.96. The highest BCUT2D eigenvalue weighted by atomic mass is 19.4. The molecule has 0 saturated heterocycles. The predicted octanol–water partition coefficient (Wildman–Crippen LogP) is 2.96. The minimum absolute atomic E-state index is 0.00439. The van der Waals surface area contributed by atoms with E-state index in [2.05, 4.69) is 33.0 Å². The van der Waals surface area contributed by atoms with Crippen LogP contribution in [-0.4, -0.2) is 26.4 Å². The largest absolute Gasteiger partial charge is 0.408 e. The summed E-state index contributed by atoms with van der Waals surface area (Å²) < 4.78 is 38.1. The Labute approximate surface area is 131 Å². The molecule has 2 aromatic rings. The van der Waals surface area contributed by atoms with Crippen LogP contribution in [0.25, 0.3) is 0 Å². The number of halogens is 3. The van der Waals surface area contributed by atoms with Gasteiger partial charge >= 0.3 is 6.18 Å². The van der Waals surface area contributed by atoms with Crippen LogP contribution in [0.1, 0.15) is 48.7 Å². The lowest BCUT2D eigenvalue weighted by Gasteiger charge is -2.15. The van der Waals surface area contributed by atoms with Crippen LogP contribution < -0.4 is 5.32 Å². The van der Waals surface area contributed by atoms with Crippen molar-refractivity contribution in [1.82, 2.24) is 25.5 Å². The summed E-state index contributed by atoms with van der Waals surface area (Å²) in [5.74, 6) is 0.841. The Balaban J connectivity index is 1.62. The average molecular weight is 325 g/mol. The van der Waals surface area contributed by atoms with Crippen LogP contribution in [0.2, 0.25) is 0 Å². The third-order valence-corrected chi connectivity index (χ3v) is 3.96. The van der Waals surface area contributed by atoms with Crippen molar-refractivity contribution in [2.24, 2.45) is 0 Å². The van der Waals surface area contributed by atoms with Crippen LogP contribution in [0.5, 0.6) is 0 Å². The second-order valence-electron chi connectivity index (χ2n) is 5.91. The number of tetrazole rings is 1. The number of nitrogens with zero attached hydrogens (tertiary/aromatic N) is 4. The smallest absolute Gasteiger partial charge is 0.303 e. The zero-order chi connectivity index (χ0) is 16.4. The Kier molecular flexibility index (Phi) is 4.34. The molecule has 0 amide bonds. The number of nitrogens with one attached hydrogen (secondary N) is 1. The summed E-state index contributed by atoms with van der Waals surface area (Å²) in [7, 11) is 0. The molecular weight excluding hydrogens is 307 g/mol. The first-order valence-electron chi connectivity index (χ1n) is 7.57. The van der Waals surface area contributed by atoms with Crippen LogP contribution in [-0.2, 0) is 13.1 Å². The number of aromatic nitrogens is 4. The van der Waals surface area contributed by atoms with Crippen LogP contribution >= 0.6 is 0 Å². The van der Waals surface area contributed by atoms with Crippen molar-refractivity contribution < 1.29 is 13.2 Å². The number of hydrogen-bond acceptors (Lipinski definition) is 4. The number of benzene rings is 1. The van der Waals surface area contributed by atoms with E-state index in [0.29, 0.717) is 5.92 Å². The van der Waals surface area contributed by atoms with Crippen molar-refractivity contribution in [3.63, 3.8) is 0 Å². The molecule has 1 aliphatic rings. The van der Waals surface area contributed by atoms with E-state index in [1.165, 1.54) is 18.4 Å². The second kappa shape index (κ2) is 6.27. The maximum absolute atomic E-state index is 12.5. The topological polar surface area (TPSA) is 55.6 Å². The summed E-state index contributed by atoms with van der Waals surface area (Å²) in [4.78, 5) is 0. The van der Waals surface area contributed by atoms with Gasteiger partial charge in [-0.05, 0) is 47.2 Å². The highest BCUT2D eigenvalue weighted by Gasteiger charge is 2.30. The number of rotatable bonds is 6. The molecule has 0 aliphatic heterocycles. The summed E-state index contributed by atoms with van der Waals surface area (Å²) in [6, 6.07) is 8.33. The molecule has 1 saturated carbocycles. The summed E-state index contributed by atoms with van der Waals surface area (Å²) in [6.07, 6.45) is -1.87. The predicted molar refractivity (Wildman–Crippen MR) is 77.5 cm³/mol. The average Bonchev–Trinajstić information content (AvgIpc) is 3.26. The first-order chi connectivity index (χ1) is 10.9. The molecule has 23 heavy (non-hydrogen) atoms. The lowest BCUT2D eigenvalue weighted by molar-refractivity contribution is -0.143. The molecule has 1 fully saturated rings. The van der Waals surface area contributed by atoms with Crippen molar-refractivity contribution >= 4 is 0 Å². The fourth-order valence-electron chi connectivity index (χ4n) is 2.50.